The number of halogens is 4. The van der Waals surface area contributed by atoms with Crippen LogP contribution in [-0.2, 0) is 38.8 Å². The summed E-state index contributed by atoms with van der Waals surface area (Å²) in [7, 11) is 7.01. The fourth-order valence-corrected chi connectivity index (χ4v) is 8.74. The van der Waals surface area contributed by atoms with Gasteiger partial charge in [0.15, 0.2) is 0 Å². The number of hydrogen-bond acceptors (Lipinski definition) is 8. The molecule has 7 aromatic rings. The maximum absolute atomic E-state index is 13.1. The number of hydrogen-bond donors (Lipinski definition) is 2. The van der Waals surface area contributed by atoms with Crippen molar-refractivity contribution in [1.29, 1.82) is 0 Å². The van der Waals surface area contributed by atoms with Crippen LogP contribution in [0.5, 0.6) is 0 Å². The number of carboxylic acid groups (broad SMARTS) is 1. The van der Waals surface area contributed by atoms with Gasteiger partial charge in [-0.05, 0) is 76.3 Å². The lowest BCUT2D eigenvalue weighted by Gasteiger charge is -2.30. The van der Waals surface area contributed by atoms with Gasteiger partial charge >= 0.3 is 5.97 Å². The van der Waals surface area contributed by atoms with E-state index < -0.39 is 5.97 Å². The first-order valence-corrected chi connectivity index (χ1v) is 26.2. The number of aromatic nitrogens is 2. The Balaban J connectivity index is 0.000000178. The van der Waals surface area contributed by atoms with Crippen LogP contribution in [0.4, 0.5) is 0 Å². The summed E-state index contributed by atoms with van der Waals surface area (Å²) in [6.07, 6.45) is 6.42. The van der Waals surface area contributed by atoms with E-state index in [4.69, 9.17) is 51.5 Å². The predicted molar refractivity (Wildman–Crippen MR) is 308 cm³/mol. The average molecular weight is 1140 g/mol. The molecule has 0 saturated heterocycles. The van der Waals surface area contributed by atoms with E-state index in [9.17, 15) is 28.8 Å². The molecule has 0 bridgehead atoms. The van der Waals surface area contributed by atoms with E-state index in [0.717, 1.165) is 27.8 Å². The van der Waals surface area contributed by atoms with Crippen LogP contribution in [0.1, 0.15) is 73.2 Å². The van der Waals surface area contributed by atoms with Crippen molar-refractivity contribution in [2.75, 3.05) is 28.2 Å². The van der Waals surface area contributed by atoms with Gasteiger partial charge in [-0.15, -0.1) is 0 Å². The van der Waals surface area contributed by atoms with Crippen LogP contribution >= 0.6 is 46.4 Å². The number of carbonyl (C=O) groups excluding carboxylic acids is 5. The Morgan fingerprint density at radius 1 is 0.532 bits per heavy atom. The van der Waals surface area contributed by atoms with Crippen molar-refractivity contribution in [3.8, 4) is 0 Å². The normalized spacial score (nSPS) is 14.4. The van der Waals surface area contributed by atoms with Crippen molar-refractivity contribution >= 4 is 81.9 Å². The van der Waals surface area contributed by atoms with Crippen molar-refractivity contribution in [1.82, 2.24) is 34.9 Å². The monoisotopic (exact) mass is 1140 g/mol. The van der Waals surface area contributed by atoms with E-state index in [1.807, 2.05) is 115 Å². The van der Waals surface area contributed by atoms with Gasteiger partial charge in [0, 0.05) is 118 Å². The fraction of sp³-hybridized carbons (Fsp3) is 0.180. The van der Waals surface area contributed by atoms with E-state index in [0.29, 0.717) is 56.7 Å². The number of carboxylic acids is 1. The molecule has 0 saturated carbocycles. The third kappa shape index (κ3) is 18.2. The largest absolute Gasteiger partial charge is 0.478 e. The Labute approximate surface area is 479 Å². The van der Waals surface area contributed by atoms with Gasteiger partial charge in [0.1, 0.15) is 10.3 Å². The van der Waals surface area contributed by atoms with Gasteiger partial charge in [0.2, 0.25) is 11.8 Å². The van der Waals surface area contributed by atoms with Crippen LogP contribution in [0.15, 0.2) is 200 Å². The summed E-state index contributed by atoms with van der Waals surface area (Å²) in [6.45, 7) is 1.60. The second-order valence-corrected chi connectivity index (χ2v) is 20.0. The Morgan fingerprint density at radius 3 is 1.33 bits per heavy atom. The molecule has 2 atom stereocenters. The second kappa shape index (κ2) is 29.6. The molecule has 0 aliphatic carbocycles. The van der Waals surface area contributed by atoms with Crippen molar-refractivity contribution in [2.45, 2.75) is 44.3 Å². The lowest BCUT2D eigenvalue weighted by Crippen LogP contribution is -2.36. The van der Waals surface area contributed by atoms with Gasteiger partial charge in [-0.1, -0.05) is 162 Å². The first kappa shape index (κ1) is 60.1. The van der Waals surface area contributed by atoms with Gasteiger partial charge < -0.3 is 30.0 Å². The van der Waals surface area contributed by atoms with Crippen LogP contribution in [0, 0.1) is 0 Å². The number of likely N-dealkylation sites (N-methyl/N-ethyl adjacent to an activating group) is 2. The van der Waals surface area contributed by atoms with Crippen molar-refractivity contribution in [3.05, 3.63) is 259 Å². The van der Waals surface area contributed by atoms with Crippen molar-refractivity contribution < 1.29 is 33.9 Å². The van der Waals surface area contributed by atoms with Crippen LogP contribution in [0.2, 0.25) is 20.4 Å². The molecule has 2 aromatic heterocycles. The summed E-state index contributed by atoms with van der Waals surface area (Å²) in [4.78, 5) is 86.4. The molecule has 14 nitrogen and oxygen atoms in total. The number of pyridine rings is 2. The quantitative estimate of drug-likeness (QED) is 0.113. The molecule has 2 unspecified atom stereocenters. The molecular formula is C61H57Cl4N7O7. The average Bonchev–Trinajstić information content (AvgIpc) is 3.45. The number of carbonyl (C=O) groups is 6. The lowest BCUT2D eigenvalue weighted by atomic mass is 9.85. The number of nitrogens with zero attached hydrogens (tertiary/aromatic N) is 6. The topological polar surface area (TPSA) is 173 Å². The second-order valence-electron chi connectivity index (χ2n) is 18.4. The maximum Gasteiger partial charge on any atom is 0.337 e. The Kier molecular flexibility index (Phi) is 22.5. The fourth-order valence-electron chi connectivity index (χ4n) is 8.27. The van der Waals surface area contributed by atoms with Crippen LogP contribution in [0.25, 0.3) is 0 Å². The smallest absolute Gasteiger partial charge is 0.337 e. The van der Waals surface area contributed by atoms with Gasteiger partial charge in [-0.2, -0.15) is 0 Å². The summed E-state index contributed by atoms with van der Waals surface area (Å²) < 4.78 is 0. The summed E-state index contributed by atoms with van der Waals surface area (Å²) in [5.74, 6) is -1.86. The standard InChI is InChI=1S/C21H21ClN2O2.C20H19ClN2O2.C14H13ClN2O.C6H4ClNO2/c1-23-14-19(21(26)24(2)13-15-6-4-3-5-7-15)18(12-20(23)25)16-8-10-17(22)11-9-16;1-23(13-14-5-3-2-4-6-14)20(25)18-12-22-19(24)11-17(18)15-7-9-16(21)10-8-15;1-17(10-11-5-3-2-4-6-11)14(18)12-7-8-13(15)16-9-12;7-5-2-1-4(3-8-5)6(9)10/h3-11,14,18H,12-13H2,1-2H3;2-10,12,17H,11,13H2,1H3,(H,22,24);2-9H,10H2,1H3;1-3H,(H,9,10). The number of aromatic carboxylic acids is 1. The number of nitrogens with one attached hydrogen (secondary N) is 1. The number of amides is 5. The Bertz CT molecular complexity index is 3240. The van der Waals surface area contributed by atoms with Crippen LogP contribution < -0.4 is 5.32 Å². The van der Waals surface area contributed by atoms with Crippen LogP contribution in [-0.4, -0.2) is 98.4 Å². The van der Waals surface area contributed by atoms with E-state index in [2.05, 4.69) is 15.3 Å². The van der Waals surface area contributed by atoms with E-state index in [-0.39, 0.29) is 59.8 Å². The number of rotatable bonds is 12. The summed E-state index contributed by atoms with van der Waals surface area (Å²) in [6, 6.07) is 50.2. The molecule has 5 aromatic carbocycles. The maximum atomic E-state index is 13.1. The third-order valence-corrected chi connectivity index (χ3v) is 13.4. The van der Waals surface area contributed by atoms with Crippen molar-refractivity contribution in [2.24, 2.45) is 0 Å². The Morgan fingerprint density at radius 2 is 0.924 bits per heavy atom. The minimum absolute atomic E-state index is 0.00721. The highest BCUT2D eigenvalue weighted by Crippen LogP contribution is 2.35. The van der Waals surface area contributed by atoms with Gasteiger partial charge in [-0.3, -0.25) is 24.0 Å². The molecule has 0 radical (unpaired) electrons. The molecule has 2 aliphatic rings. The molecule has 4 heterocycles. The lowest BCUT2D eigenvalue weighted by molar-refractivity contribution is -0.130. The zero-order chi connectivity index (χ0) is 57.0. The molecule has 0 spiro atoms. The molecule has 5 amide bonds. The van der Waals surface area contributed by atoms with Gasteiger partial charge in [0.25, 0.3) is 17.7 Å². The van der Waals surface area contributed by atoms with E-state index in [1.54, 1.807) is 85.5 Å². The molecule has 406 valence electrons. The molecule has 2 aliphatic heterocycles. The van der Waals surface area contributed by atoms with Crippen LogP contribution in [0.3, 0.4) is 0 Å². The first-order chi connectivity index (χ1) is 37.9. The highest BCUT2D eigenvalue weighted by molar-refractivity contribution is 6.31. The minimum Gasteiger partial charge on any atom is -0.478 e. The number of benzene rings is 5. The predicted octanol–water partition coefficient (Wildman–Crippen LogP) is 11.8. The molecule has 2 N–H and O–H groups in total. The molecule has 9 rings (SSSR count). The summed E-state index contributed by atoms with van der Waals surface area (Å²) in [5, 5.41) is 13.0. The highest BCUT2D eigenvalue weighted by atomic mass is 35.5. The zero-order valence-electron chi connectivity index (χ0n) is 43.7. The molecular weight excluding hydrogens is 1080 g/mol. The Hall–Kier alpha value is -8.14. The third-order valence-electron chi connectivity index (χ3n) is 12.4. The first-order valence-electron chi connectivity index (χ1n) is 24.7. The minimum atomic E-state index is -0.996. The van der Waals surface area contributed by atoms with E-state index in [1.165, 1.54) is 35.6 Å². The SMILES string of the molecule is CN(Cc1ccccc1)C(=O)C1=CNC(=O)CC1c1ccc(Cl)cc1.CN(Cc1ccccc1)C(=O)c1ccc(Cl)nc1.CN1C=C(C(=O)N(C)Cc2ccccc2)C(c2ccc(Cl)cc2)CC1=O.O=C(O)c1ccc(Cl)nc1. The van der Waals surface area contributed by atoms with Gasteiger partial charge in [-0.25, -0.2) is 14.8 Å². The molecule has 79 heavy (non-hydrogen) atoms. The highest BCUT2D eigenvalue weighted by Gasteiger charge is 2.33. The molecule has 18 heteroatoms. The van der Waals surface area contributed by atoms with Gasteiger partial charge in [0.05, 0.1) is 11.1 Å². The summed E-state index contributed by atoms with van der Waals surface area (Å²) >= 11 is 23.0. The summed E-state index contributed by atoms with van der Waals surface area (Å²) in [5.41, 5.74) is 6.93. The molecule has 0 fully saturated rings. The zero-order valence-corrected chi connectivity index (χ0v) is 46.7. The van der Waals surface area contributed by atoms with E-state index >= 15 is 0 Å². The van der Waals surface area contributed by atoms with Crippen molar-refractivity contribution in [3.63, 3.8) is 0 Å².